The lowest BCUT2D eigenvalue weighted by Crippen LogP contribution is -2.45. The van der Waals surface area contributed by atoms with Crippen LogP contribution in [-0.4, -0.2) is 29.1 Å². The summed E-state index contributed by atoms with van der Waals surface area (Å²) < 4.78 is 5.25. The van der Waals surface area contributed by atoms with Gasteiger partial charge in [0.2, 0.25) is 0 Å². The van der Waals surface area contributed by atoms with Gasteiger partial charge in [0.1, 0.15) is 5.75 Å². The van der Waals surface area contributed by atoms with Gasteiger partial charge in [-0.3, -0.25) is 4.79 Å². The van der Waals surface area contributed by atoms with Gasteiger partial charge in [-0.15, -0.1) is 0 Å². The Morgan fingerprint density at radius 3 is 2.56 bits per heavy atom. The Morgan fingerprint density at radius 1 is 1.09 bits per heavy atom. The predicted octanol–water partition coefficient (Wildman–Crippen LogP) is 4.89. The van der Waals surface area contributed by atoms with Crippen LogP contribution in [0.4, 0.5) is 4.79 Å². The van der Waals surface area contributed by atoms with Gasteiger partial charge in [0.05, 0.1) is 19.2 Å². The van der Waals surface area contributed by atoms with Gasteiger partial charge in [0.15, 0.2) is 0 Å². The van der Waals surface area contributed by atoms with Crippen molar-refractivity contribution in [2.24, 2.45) is 0 Å². The number of aryl methyl sites for hydroxylation is 1. The molecule has 0 radical (unpaired) electrons. The molecule has 168 valence electrons. The number of methoxy groups -OCH3 is 1. The molecule has 2 N–H and O–H groups in total. The molecule has 1 heterocycles. The first kappa shape index (κ1) is 21.9. The molecule has 2 aromatic carbocycles. The number of carbonyl (C=O) groups excluding carboxylic acids is 1. The van der Waals surface area contributed by atoms with E-state index in [4.69, 9.17) is 4.74 Å². The minimum Gasteiger partial charge on any atom is -0.497 e. The molecule has 2 amide bonds. The van der Waals surface area contributed by atoms with Crippen LogP contribution in [0.2, 0.25) is 0 Å². The van der Waals surface area contributed by atoms with Crippen LogP contribution in [0.1, 0.15) is 48.8 Å². The predicted molar refractivity (Wildman–Crippen MR) is 127 cm³/mol. The van der Waals surface area contributed by atoms with Gasteiger partial charge >= 0.3 is 6.03 Å². The largest absolute Gasteiger partial charge is 0.497 e. The van der Waals surface area contributed by atoms with Crippen molar-refractivity contribution in [3.63, 3.8) is 0 Å². The van der Waals surface area contributed by atoms with Crippen molar-refractivity contribution in [1.29, 1.82) is 0 Å². The number of H-pyrrole nitrogens is 1. The lowest BCUT2D eigenvalue weighted by molar-refractivity contribution is 0.184. The van der Waals surface area contributed by atoms with Crippen molar-refractivity contribution >= 4 is 16.9 Å². The molecule has 32 heavy (non-hydrogen) atoms. The van der Waals surface area contributed by atoms with Gasteiger partial charge in [-0.1, -0.05) is 49.6 Å². The maximum Gasteiger partial charge on any atom is 0.318 e. The highest BCUT2D eigenvalue weighted by molar-refractivity contribution is 5.82. The number of amides is 2. The minimum atomic E-state index is -0.156. The number of para-hydroxylation sites is 1. The van der Waals surface area contributed by atoms with Crippen LogP contribution in [0.3, 0.4) is 0 Å². The van der Waals surface area contributed by atoms with Crippen molar-refractivity contribution in [2.45, 2.75) is 58.2 Å². The number of nitrogens with zero attached hydrogens (tertiary/aromatic N) is 1. The van der Waals surface area contributed by atoms with Crippen molar-refractivity contribution in [2.75, 3.05) is 7.11 Å². The molecule has 6 nitrogen and oxygen atoms in total. The SMILES string of the molecule is COc1ccc(CN(Cc2cc3cccc(C)c3[nH]c2=O)C(=O)NC2CCCCC2)cc1. The van der Waals surface area contributed by atoms with E-state index in [0.29, 0.717) is 12.1 Å². The molecule has 1 aliphatic rings. The second-order valence-corrected chi connectivity index (χ2v) is 8.65. The van der Waals surface area contributed by atoms with Crippen molar-refractivity contribution in [3.05, 3.63) is 75.6 Å². The number of urea groups is 1. The van der Waals surface area contributed by atoms with Gasteiger partial charge in [0, 0.05) is 18.2 Å². The van der Waals surface area contributed by atoms with E-state index >= 15 is 0 Å². The average Bonchev–Trinajstić information content (AvgIpc) is 2.81. The molecule has 3 aromatic rings. The van der Waals surface area contributed by atoms with E-state index in [1.165, 1.54) is 6.42 Å². The van der Waals surface area contributed by atoms with E-state index in [9.17, 15) is 9.59 Å². The molecule has 0 aliphatic heterocycles. The van der Waals surface area contributed by atoms with Crippen molar-refractivity contribution < 1.29 is 9.53 Å². The third-order valence-corrected chi connectivity index (χ3v) is 6.28. The van der Waals surface area contributed by atoms with E-state index in [1.54, 1.807) is 12.0 Å². The van der Waals surface area contributed by atoms with Gasteiger partial charge in [-0.05, 0) is 54.5 Å². The Labute approximate surface area is 188 Å². The van der Waals surface area contributed by atoms with E-state index in [2.05, 4.69) is 10.3 Å². The fourth-order valence-electron chi connectivity index (χ4n) is 4.42. The maximum atomic E-state index is 13.3. The number of aromatic amines is 1. The van der Waals surface area contributed by atoms with Crippen molar-refractivity contribution in [1.82, 2.24) is 15.2 Å². The normalized spacial score (nSPS) is 14.3. The minimum absolute atomic E-state index is 0.128. The first-order chi connectivity index (χ1) is 15.5. The van der Waals surface area contributed by atoms with Crippen LogP contribution < -0.4 is 15.6 Å². The summed E-state index contributed by atoms with van der Waals surface area (Å²) >= 11 is 0. The highest BCUT2D eigenvalue weighted by Gasteiger charge is 2.21. The lowest BCUT2D eigenvalue weighted by Gasteiger charge is -2.28. The second kappa shape index (κ2) is 9.90. The number of aromatic nitrogens is 1. The summed E-state index contributed by atoms with van der Waals surface area (Å²) in [5.41, 5.74) is 3.27. The Bertz CT molecular complexity index is 1130. The molecule has 1 saturated carbocycles. The molecule has 0 spiro atoms. The lowest BCUT2D eigenvalue weighted by atomic mass is 9.96. The Kier molecular flexibility index (Phi) is 6.78. The number of hydrogen-bond donors (Lipinski definition) is 2. The van der Waals surface area contributed by atoms with E-state index in [1.807, 2.05) is 55.5 Å². The second-order valence-electron chi connectivity index (χ2n) is 8.65. The smallest absolute Gasteiger partial charge is 0.318 e. The number of pyridine rings is 1. The summed E-state index contributed by atoms with van der Waals surface area (Å²) in [5.74, 6) is 0.772. The van der Waals surface area contributed by atoms with Gasteiger partial charge in [0.25, 0.3) is 5.56 Å². The monoisotopic (exact) mass is 433 g/mol. The number of carbonyl (C=O) groups is 1. The number of ether oxygens (including phenoxy) is 1. The number of nitrogens with one attached hydrogen (secondary N) is 2. The molecule has 0 unspecified atom stereocenters. The molecule has 6 heteroatoms. The number of benzene rings is 2. The zero-order valence-corrected chi connectivity index (χ0v) is 18.8. The summed E-state index contributed by atoms with van der Waals surface area (Å²) in [6.07, 6.45) is 5.55. The first-order valence-electron chi connectivity index (χ1n) is 11.3. The van der Waals surface area contributed by atoms with Gasteiger partial charge < -0.3 is 19.9 Å². The van der Waals surface area contributed by atoms with Crippen LogP contribution >= 0.6 is 0 Å². The highest BCUT2D eigenvalue weighted by atomic mass is 16.5. The first-order valence-corrected chi connectivity index (χ1v) is 11.3. The summed E-state index contributed by atoms with van der Waals surface area (Å²) in [4.78, 5) is 30.8. The number of fused-ring (bicyclic) bond motifs is 1. The Morgan fingerprint density at radius 2 is 1.84 bits per heavy atom. The van der Waals surface area contributed by atoms with Crippen LogP contribution in [-0.2, 0) is 13.1 Å². The number of rotatable bonds is 6. The average molecular weight is 434 g/mol. The van der Waals surface area contributed by atoms with E-state index in [-0.39, 0.29) is 24.2 Å². The third kappa shape index (κ3) is 5.13. The zero-order chi connectivity index (χ0) is 22.5. The highest BCUT2D eigenvalue weighted by Crippen LogP contribution is 2.20. The molecule has 1 aliphatic carbocycles. The molecule has 0 saturated heterocycles. The Balaban J connectivity index is 1.60. The molecular weight excluding hydrogens is 402 g/mol. The summed E-state index contributed by atoms with van der Waals surface area (Å²) in [7, 11) is 1.63. The van der Waals surface area contributed by atoms with Crippen molar-refractivity contribution in [3.8, 4) is 5.75 Å². The van der Waals surface area contributed by atoms with Crippen LogP contribution in [0, 0.1) is 6.92 Å². The fraction of sp³-hybridized carbons (Fsp3) is 0.385. The molecule has 4 rings (SSSR count). The summed E-state index contributed by atoms with van der Waals surface area (Å²) in [6.45, 7) is 2.63. The Hall–Kier alpha value is -3.28. The molecule has 1 fully saturated rings. The molecule has 0 bridgehead atoms. The van der Waals surface area contributed by atoms with E-state index < -0.39 is 0 Å². The summed E-state index contributed by atoms with van der Waals surface area (Å²) in [5, 5.41) is 4.17. The van der Waals surface area contributed by atoms with Crippen LogP contribution in [0.5, 0.6) is 5.75 Å². The fourth-order valence-corrected chi connectivity index (χ4v) is 4.42. The number of hydrogen-bond acceptors (Lipinski definition) is 3. The topological polar surface area (TPSA) is 74.4 Å². The zero-order valence-electron chi connectivity index (χ0n) is 18.8. The van der Waals surface area contributed by atoms with E-state index in [0.717, 1.165) is 53.5 Å². The van der Waals surface area contributed by atoms with Crippen LogP contribution in [0.25, 0.3) is 10.9 Å². The van der Waals surface area contributed by atoms with Crippen LogP contribution in [0.15, 0.2) is 53.3 Å². The molecule has 1 aromatic heterocycles. The van der Waals surface area contributed by atoms with Gasteiger partial charge in [-0.25, -0.2) is 4.79 Å². The molecular formula is C26H31N3O3. The standard InChI is InChI=1S/C26H31N3O3/c1-18-7-6-8-20-15-21(25(30)28-24(18)20)17-29(16-19-11-13-23(32-2)14-12-19)26(31)27-22-9-4-3-5-10-22/h6-8,11-15,22H,3-5,9-10,16-17H2,1-2H3,(H,27,31)(H,28,30). The van der Waals surface area contributed by atoms with Gasteiger partial charge in [-0.2, -0.15) is 0 Å². The third-order valence-electron chi connectivity index (χ3n) is 6.28. The quantitative estimate of drug-likeness (QED) is 0.581. The molecule has 0 atom stereocenters. The maximum absolute atomic E-state index is 13.3. The summed E-state index contributed by atoms with van der Waals surface area (Å²) in [6, 6.07) is 15.6.